The Morgan fingerprint density at radius 3 is 2.83 bits per heavy atom. The molecular weight excluding hydrogens is 252 g/mol. The van der Waals surface area contributed by atoms with Crippen LogP contribution >= 0.6 is 11.3 Å². The number of hydrogen-bond donors (Lipinski definition) is 1. The predicted octanol–water partition coefficient (Wildman–Crippen LogP) is 1.16. The number of likely N-dealkylation sites (N-methyl/N-ethyl adjacent to an activating group) is 1. The molecule has 0 saturated carbocycles. The summed E-state index contributed by atoms with van der Waals surface area (Å²) in [7, 11) is 3.04. The van der Waals surface area contributed by atoms with E-state index in [1.807, 2.05) is 17.5 Å². The van der Waals surface area contributed by atoms with Crippen molar-refractivity contribution in [1.29, 1.82) is 0 Å². The fraction of sp³-hybridized carbons (Fsp3) is 0.500. The molecule has 18 heavy (non-hydrogen) atoms. The van der Waals surface area contributed by atoms with Gasteiger partial charge in [0.15, 0.2) is 0 Å². The van der Waals surface area contributed by atoms with Crippen LogP contribution < -0.4 is 5.73 Å². The van der Waals surface area contributed by atoms with Crippen LogP contribution in [0.3, 0.4) is 0 Å². The zero-order chi connectivity index (χ0) is 13.5. The number of amides is 1. The molecule has 0 fully saturated rings. The lowest BCUT2D eigenvalue weighted by molar-refractivity contribution is -0.141. The maximum absolute atomic E-state index is 12.0. The van der Waals surface area contributed by atoms with Crippen LogP contribution in [-0.4, -0.2) is 37.5 Å². The van der Waals surface area contributed by atoms with Crippen LogP contribution in [-0.2, 0) is 14.3 Å². The number of thiophene rings is 1. The standard InChI is InChI=1S/C12H18N2O3S/c1-14(7-3-6-10(15)17-2)12(16)11(13)9-5-4-8-18-9/h4-5,8,11H,3,6-7,13H2,1-2H3. The van der Waals surface area contributed by atoms with E-state index in [-0.39, 0.29) is 11.9 Å². The van der Waals surface area contributed by atoms with Crippen LogP contribution in [0.1, 0.15) is 23.8 Å². The third-order valence-corrected chi connectivity index (χ3v) is 3.55. The summed E-state index contributed by atoms with van der Waals surface area (Å²) in [6.07, 6.45) is 0.883. The van der Waals surface area contributed by atoms with Gasteiger partial charge < -0.3 is 15.4 Å². The van der Waals surface area contributed by atoms with E-state index < -0.39 is 6.04 Å². The van der Waals surface area contributed by atoms with E-state index in [1.165, 1.54) is 18.4 Å². The Labute approximate surface area is 111 Å². The van der Waals surface area contributed by atoms with Crippen molar-refractivity contribution in [3.05, 3.63) is 22.4 Å². The molecule has 0 aromatic carbocycles. The highest BCUT2D eigenvalue weighted by molar-refractivity contribution is 7.10. The number of esters is 1. The Bertz CT molecular complexity index is 392. The minimum Gasteiger partial charge on any atom is -0.469 e. The minimum atomic E-state index is -0.617. The maximum Gasteiger partial charge on any atom is 0.305 e. The Kier molecular flexibility index (Phi) is 5.80. The summed E-state index contributed by atoms with van der Waals surface area (Å²) in [4.78, 5) is 25.3. The van der Waals surface area contributed by atoms with E-state index in [1.54, 1.807) is 11.9 Å². The first kappa shape index (κ1) is 14.7. The summed E-state index contributed by atoms with van der Waals surface area (Å²) in [5, 5.41) is 1.89. The molecule has 0 saturated heterocycles. The molecule has 1 atom stereocenters. The summed E-state index contributed by atoms with van der Waals surface area (Å²) in [6, 6.07) is 3.09. The number of nitrogens with two attached hydrogens (primary N) is 1. The lowest BCUT2D eigenvalue weighted by Gasteiger charge is -2.20. The molecule has 0 aliphatic heterocycles. The second-order valence-electron chi connectivity index (χ2n) is 3.93. The van der Waals surface area contributed by atoms with Gasteiger partial charge in [0, 0.05) is 24.9 Å². The molecule has 0 spiro atoms. The van der Waals surface area contributed by atoms with Gasteiger partial charge in [-0.2, -0.15) is 0 Å². The lowest BCUT2D eigenvalue weighted by Crippen LogP contribution is -2.36. The van der Waals surface area contributed by atoms with Crippen LogP contribution in [0.2, 0.25) is 0 Å². The van der Waals surface area contributed by atoms with Crippen LogP contribution in [0.5, 0.6) is 0 Å². The molecule has 1 aromatic rings. The molecule has 5 nitrogen and oxygen atoms in total. The van der Waals surface area contributed by atoms with Gasteiger partial charge in [0.05, 0.1) is 7.11 Å². The van der Waals surface area contributed by atoms with Gasteiger partial charge in [-0.3, -0.25) is 9.59 Å². The molecule has 1 aromatic heterocycles. The van der Waals surface area contributed by atoms with E-state index in [0.717, 1.165) is 4.88 Å². The van der Waals surface area contributed by atoms with Crippen molar-refractivity contribution in [3.8, 4) is 0 Å². The van der Waals surface area contributed by atoms with Crippen molar-refractivity contribution < 1.29 is 14.3 Å². The third kappa shape index (κ3) is 4.12. The van der Waals surface area contributed by atoms with Crippen molar-refractivity contribution in [3.63, 3.8) is 0 Å². The summed E-state index contributed by atoms with van der Waals surface area (Å²) in [5.41, 5.74) is 5.87. The molecule has 1 rings (SSSR count). The predicted molar refractivity (Wildman–Crippen MR) is 70.1 cm³/mol. The van der Waals surface area contributed by atoms with Crippen LogP contribution in [0.4, 0.5) is 0 Å². The Morgan fingerprint density at radius 1 is 1.56 bits per heavy atom. The van der Waals surface area contributed by atoms with Gasteiger partial charge in [0.25, 0.3) is 0 Å². The number of carbonyl (C=O) groups excluding carboxylic acids is 2. The normalized spacial score (nSPS) is 11.9. The highest BCUT2D eigenvalue weighted by Crippen LogP contribution is 2.18. The molecule has 0 radical (unpaired) electrons. The van der Waals surface area contributed by atoms with E-state index >= 15 is 0 Å². The van der Waals surface area contributed by atoms with Crippen molar-refractivity contribution in [2.45, 2.75) is 18.9 Å². The van der Waals surface area contributed by atoms with Gasteiger partial charge in [-0.25, -0.2) is 0 Å². The average molecular weight is 270 g/mol. The SMILES string of the molecule is COC(=O)CCCN(C)C(=O)C(N)c1cccs1. The first-order valence-electron chi connectivity index (χ1n) is 5.67. The maximum atomic E-state index is 12.0. The molecule has 100 valence electrons. The third-order valence-electron chi connectivity index (χ3n) is 2.59. The molecular formula is C12H18N2O3S. The van der Waals surface area contributed by atoms with Crippen molar-refractivity contribution in [2.24, 2.45) is 5.73 Å². The first-order valence-corrected chi connectivity index (χ1v) is 6.55. The van der Waals surface area contributed by atoms with Gasteiger partial charge in [-0.1, -0.05) is 6.07 Å². The van der Waals surface area contributed by atoms with Crippen molar-refractivity contribution in [2.75, 3.05) is 20.7 Å². The molecule has 6 heteroatoms. The lowest BCUT2D eigenvalue weighted by atomic mass is 10.2. The quantitative estimate of drug-likeness (QED) is 0.787. The van der Waals surface area contributed by atoms with Crippen molar-refractivity contribution >= 4 is 23.2 Å². The van der Waals surface area contributed by atoms with Crippen molar-refractivity contribution in [1.82, 2.24) is 4.90 Å². The molecule has 0 bridgehead atoms. The molecule has 0 aliphatic carbocycles. The van der Waals surface area contributed by atoms with Gasteiger partial charge in [-0.05, 0) is 17.9 Å². The fourth-order valence-electron chi connectivity index (χ4n) is 1.50. The van der Waals surface area contributed by atoms with Crippen LogP contribution in [0, 0.1) is 0 Å². The van der Waals surface area contributed by atoms with Gasteiger partial charge in [0.2, 0.25) is 5.91 Å². The average Bonchev–Trinajstić information content (AvgIpc) is 2.90. The monoisotopic (exact) mass is 270 g/mol. The van der Waals surface area contributed by atoms with Crippen LogP contribution in [0.25, 0.3) is 0 Å². The van der Waals surface area contributed by atoms with Gasteiger partial charge in [-0.15, -0.1) is 11.3 Å². The zero-order valence-electron chi connectivity index (χ0n) is 10.6. The second kappa shape index (κ2) is 7.13. The summed E-state index contributed by atoms with van der Waals surface area (Å²) in [5.74, 6) is -0.402. The smallest absolute Gasteiger partial charge is 0.305 e. The first-order chi connectivity index (χ1) is 8.56. The number of ether oxygens (including phenoxy) is 1. The number of hydrogen-bond acceptors (Lipinski definition) is 5. The number of methoxy groups -OCH3 is 1. The Balaban J connectivity index is 2.39. The number of rotatable bonds is 6. The Hall–Kier alpha value is -1.40. The number of carbonyl (C=O) groups is 2. The summed E-state index contributed by atoms with van der Waals surface area (Å²) in [6.45, 7) is 0.493. The Morgan fingerprint density at radius 2 is 2.28 bits per heavy atom. The molecule has 0 aliphatic rings. The van der Waals surface area contributed by atoms with E-state index in [9.17, 15) is 9.59 Å². The molecule has 1 heterocycles. The largest absolute Gasteiger partial charge is 0.469 e. The zero-order valence-corrected chi connectivity index (χ0v) is 11.4. The van der Waals surface area contributed by atoms with E-state index in [2.05, 4.69) is 4.74 Å². The molecule has 1 amide bonds. The highest BCUT2D eigenvalue weighted by atomic mass is 32.1. The second-order valence-corrected chi connectivity index (χ2v) is 4.91. The van der Waals surface area contributed by atoms with E-state index in [0.29, 0.717) is 19.4 Å². The van der Waals surface area contributed by atoms with Gasteiger partial charge in [0.1, 0.15) is 6.04 Å². The highest BCUT2D eigenvalue weighted by Gasteiger charge is 2.20. The summed E-state index contributed by atoms with van der Waals surface area (Å²) >= 11 is 1.46. The number of nitrogens with zero attached hydrogens (tertiary/aromatic N) is 1. The summed E-state index contributed by atoms with van der Waals surface area (Å²) < 4.78 is 4.53. The minimum absolute atomic E-state index is 0.137. The van der Waals surface area contributed by atoms with Crippen LogP contribution in [0.15, 0.2) is 17.5 Å². The molecule has 1 unspecified atom stereocenters. The molecule has 2 N–H and O–H groups in total. The topological polar surface area (TPSA) is 72.6 Å². The van der Waals surface area contributed by atoms with Gasteiger partial charge >= 0.3 is 5.97 Å². The fourth-order valence-corrected chi connectivity index (χ4v) is 2.22. The van der Waals surface area contributed by atoms with E-state index in [4.69, 9.17) is 5.73 Å².